The lowest BCUT2D eigenvalue weighted by Crippen LogP contribution is -2.28. The Morgan fingerprint density at radius 2 is 2.00 bits per heavy atom. The van der Waals surface area contributed by atoms with Crippen molar-refractivity contribution < 1.29 is 4.74 Å². The van der Waals surface area contributed by atoms with Crippen molar-refractivity contribution in [1.29, 1.82) is 0 Å². The summed E-state index contributed by atoms with van der Waals surface area (Å²) in [4.78, 5) is 7.77. The van der Waals surface area contributed by atoms with Crippen molar-refractivity contribution in [2.24, 2.45) is 0 Å². The lowest BCUT2D eigenvalue weighted by atomic mass is 10.1. The molecule has 0 aliphatic carbocycles. The molecule has 1 rings (SSSR count). The Balaban J connectivity index is 2.37. The maximum absolute atomic E-state index is 5.62. The zero-order valence-corrected chi connectivity index (χ0v) is 8.90. The van der Waals surface area contributed by atoms with E-state index in [1.165, 1.54) is 6.33 Å². The van der Waals surface area contributed by atoms with Crippen molar-refractivity contribution in [3.8, 4) is 5.75 Å². The maximum Gasteiger partial charge on any atom is 0.156 e. The third-order valence-electron chi connectivity index (χ3n) is 2.05. The summed E-state index contributed by atoms with van der Waals surface area (Å²) >= 11 is 0. The van der Waals surface area contributed by atoms with Gasteiger partial charge in [-0.3, -0.25) is 0 Å². The monoisotopic (exact) mass is 195 g/mol. The summed E-state index contributed by atoms with van der Waals surface area (Å²) in [5, 5.41) is 3.17. The Kier molecular flexibility index (Phi) is 4.32. The number of nitrogens with one attached hydrogen (secondary N) is 1. The zero-order valence-electron chi connectivity index (χ0n) is 8.90. The standard InChI is InChI=1S/C10H17N3O/c1-8(11-3)4-9(2)14-10-5-12-7-13-6-10/h5-9,11H,4H2,1-3H3. The molecule has 4 heteroatoms. The molecule has 0 saturated carbocycles. The number of ether oxygens (including phenoxy) is 1. The molecule has 0 amide bonds. The van der Waals surface area contributed by atoms with Crippen molar-refractivity contribution in [3.05, 3.63) is 18.7 Å². The van der Waals surface area contributed by atoms with E-state index in [1.807, 2.05) is 14.0 Å². The zero-order chi connectivity index (χ0) is 10.4. The van der Waals surface area contributed by atoms with E-state index >= 15 is 0 Å². The summed E-state index contributed by atoms with van der Waals surface area (Å²) in [6.07, 6.45) is 5.98. The quantitative estimate of drug-likeness (QED) is 0.768. The Labute approximate surface area is 84.7 Å². The van der Waals surface area contributed by atoms with Crippen molar-refractivity contribution in [3.63, 3.8) is 0 Å². The van der Waals surface area contributed by atoms with Gasteiger partial charge in [-0.05, 0) is 27.3 Å². The van der Waals surface area contributed by atoms with Crippen LogP contribution in [-0.2, 0) is 0 Å². The average molecular weight is 195 g/mol. The van der Waals surface area contributed by atoms with Crippen LogP contribution < -0.4 is 10.1 Å². The Morgan fingerprint density at radius 3 is 2.57 bits per heavy atom. The van der Waals surface area contributed by atoms with Crippen LogP contribution in [0.2, 0.25) is 0 Å². The van der Waals surface area contributed by atoms with Gasteiger partial charge in [-0.2, -0.15) is 0 Å². The molecular formula is C10H17N3O. The molecule has 0 saturated heterocycles. The normalized spacial score (nSPS) is 14.8. The molecule has 1 heterocycles. The van der Waals surface area contributed by atoms with E-state index in [2.05, 4.69) is 22.2 Å². The van der Waals surface area contributed by atoms with Crippen LogP contribution in [0, 0.1) is 0 Å². The van der Waals surface area contributed by atoms with Crippen LogP contribution in [0.25, 0.3) is 0 Å². The molecular weight excluding hydrogens is 178 g/mol. The minimum Gasteiger partial charge on any atom is -0.487 e. The molecule has 0 radical (unpaired) electrons. The highest BCUT2D eigenvalue weighted by atomic mass is 16.5. The molecule has 78 valence electrons. The second-order valence-corrected chi connectivity index (χ2v) is 3.43. The first-order chi connectivity index (χ1) is 6.72. The number of hydrogen-bond acceptors (Lipinski definition) is 4. The molecule has 2 unspecified atom stereocenters. The van der Waals surface area contributed by atoms with Crippen LogP contribution >= 0.6 is 0 Å². The average Bonchev–Trinajstić information content (AvgIpc) is 2.19. The topological polar surface area (TPSA) is 47.0 Å². The first-order valence-electron chi connectivity index (χ1n) is 4.81. The molecule has 14 heavy (non-hydrogen) atoms. The summed E-state index contributed by atoms with van der Waals surface area (Å²) in [7, 11) is 1.95. The van der Waals surface area contributed by atoms with Crippen molar-refractivity contribution in [1.82, 2.24) is 15.3 Å². The molecule has 0 bridgehead atoms. The van der Waals surface area contributed by atoms with Crippen LogP contribution in [0.1, 0.15) is 20.3 Å². The third kappa shape index (κ3) is 3.70. The van der Waals surface area contributed by atoms with Gasteiger partial charge in [0.1, 0.15) is 6.33 Å². The molecule has 0 aliphatic heterocycles. The van der Waals surface area contributed by atoms with Crippen LogP contribution in [0.5, 0.6) is 5.75 Å². The molecule has 1 aromatic rings. The van der Waals surface area contributed by atoms with Gasteiger partial charge in [0.15, 0.2) is 5.75 Å². The summed E-state index contributed by atoms with van der Waals surface area (Å²) in [5.74, 6) is 0.725. The highest BCUT2D eigenvalue weighted by Crippen LogP contribution is 2.10. The SMILES string of the molecule is CNC(C)CC(C)Oc1cncnc1. The lowest BCUT2D eigenvalue weighted by Gasteiger charge is -2.17. The van der Waals surface area contributed by atoms with Gasteiger partial charge in [0.05, 0.1) is 18.5 Å². The molecule has 0 aliphatic rings. The van der Waals surface area contributed by atoms with Gasteiger partial charge in [0.25, 0.3) is 0 Å². The van der Waals surface area contributed by atoms with E-state index in [1.54, 1.807) is 12.4 Å². The Hall–Kier alpha value is -1.16. The third-order valence-corrected chi connectivity index (χ3v) is 2.05. The van der Waals surface area contributed by atoms with Gasteiger partial charge < -0.3 is 10.1 Å². The second-order valence-electron chi connectivity index (χ2n) is 3.43. The first-order valence-corrected chi connectivity index (χ1v) is 4.81. The molecule has 1 N–H and O–H groups in total. The van der Waals surface area contributed by atoms with E-state index in [0.29, 0.717) is 6.04 Å². The van der Waals surface area contributed by atoms with Crippen LogP contribution in [-0.4, -0.2) is 29.2 Å². The van der Waals surface area contributed by atoms with Gasteiger partial charge in [0.2, 0.25) is 0 Å². The van der Waals surface area contributed by atoms with Crippen LogP contribution in [0.3, 0.4) is 0 Å². The number of hydrogen-bond donors (Lipinski definition) is 1. The highest BCUT2D eigenvalue weighted by Gasteiger charge is 2.08. The molecule has 2 atom stereocenters. The van der Waals surface area contributed by atoms with E-state index in [4.69, 9.17) is 4.74 Å². The predicted molar refractivity (Wildman–Crippen MR) is 55.3 cm³/mol. The maximum atomic E-state index is 5.62. The lowest BCUT2D eigenvalue weighted by molar-refractivity contribution is 0.196. The van der Waals surface area contributed by atoms with Crippen LogP contribution in [0.15, 0.2) is 18.7 Å². The largest absolute Gasteiger partial charge is 0.487 e. The second kappa shape index (κ2) is 5.54. The van der Waals surface area contributed by atoms with E-state index in [9.17, 15) is 0 Å². The summed E-state index contributed by atoms with van der Waals surface area (Å²) < 4.78 is 5.62. The van der Waals surface area contributed by atoms with Crippen molar-refractivity contribution in [2.75, 3.05) is 7.05 Å². The van der Waals surface area contributed by atoms with Crippen LogP contribution in [0.4, 0.5) is 0 Å². The van der Waals surface area contributed by atoms with Crippen molar-refractivity contribution >= 4 is 0 Å². The van der Waals surface area contributed by atoms with Gasteiger partial charge in [-0.15, -0.1) is 0 Å². The van der Waals surface area contributed by atoms with Gasteiger partial charge in [-0.25, -0.2) is 9.97 Å². The molecule has 0 spiro atoms. The number of rotatable bonds is 5. The van der Waals surface area contributed by atoms with E-state index in [0.717, 1.165) is 12.2 Å². The number of aromatic nitrogens is 2. The minimum absolute atomic E-state index is 0.170. The summed E-state index contributed by atoms with van der Waals surface area (Å²) in [6.45, 7) is 4.17. The van der Waals surface area contributed by atoms with Gasteiger partial charge >= 0.3 is 0 Å². The minimum atomic E-state index is 0.170. The van der Waals surface area contributed by atoms with E-state index in [-0.39, 0.29) is 6.10 Å². The molecule has 0 fully saturated rings. The van der Waals surface area contributed by atoms with Crippen molar-refractivity contribution in [2.45, 2.75) is 32.4 Å². The molecule has 0 aromatic carbocycles. The van der Waals surface area contributed by atoms with E-state index < -0.39 is 0 Å². The summed E-state index contributed by atoms with van der Waals surface area (Å²) in [5.41, 5.74) is 0. The Morgan fingerprint density at radius 1 is 1.36 bits per heavy atom. The Bertz CT molecular complexity index is 253. The smallest absolute Gasteiger partial charge is 0.156 e. The summed E-state index contributed by atoms with van der Waals surface area (Å²) in [6, 6.07) is 0.453. The predicted octanol–water partition coefficient (Wildman–Crippen LogP) is 1.24. The van der Waals surface area contributed by atoms with Gasteiger partial charge in [0, 0.05) is 6.04 Å². The fraction of sp³-hybridized carbons (Fsp3) is 0.600. The fourth-order valence-electron chi connectivity index (χ4n) is 1.24. The first kappa shape index (κ1) is 10.9. The molecule has 1 aromatic heterocycles. The van der Waals surface area contributed by atoms with Gasteiger partial charge in [-0.1, -0.05) is 0 Å². The highest BCUT2D eigenvalue weighted by molar-refractivity contribution is 5.10. The number of nitrogens with zero attached hydrogens (tertiary/aromatic N) is 2. The molecule has 4 nitrogen and oxygen atoms in total. The fourth-order valence-corrected chi connectivity index (χ4v) is 1.24.